The van der Waals surface area contributed by atoms with E-state index in [0.29, 0.717) is 11.3 Å². The predicted octanol–water partition coefficient (Wildman–Crippen LogP) is 2.39. The van der Waals surface area contributed by atoms with Gasteiger partial charge in [0.05, 0.1) is 18.7 Å². The van der Waals surface area contributed by atoms with E-state index in [1.807, 2.05) is 0 Å². The molecule has 0 fully saturated rings. The average molecular weight is 330 g/mol. The van der Waals surface area contributed by atoms with Crippen molar-refractivity contribution in [2.24, 2.45) is 0 Å². The molecule has 0 radical (unpaired) electrons. The van der Waals surface area contributed by atoms with Crippen LogP contribution in [0.15, 0.2) is 35.5 Å². The quantitative estimate of drug-likeness (QED) is 0.835. The molecule has 0 bridgehead atoms. The molecule has 1 aromatic carbocycles. The number of benzene rings is 1. The number of rotatable bonds is 3. The average Bonchev–Trinajstić information content (AvgIpc) is 2.45. The van der Waals surface area contributed by atoms with Crippen LogP contribution in [0.3, 0.4) is 0 Å². The largest absolute Gasteiger partial charge is 0.573 e. The molecule has 0 aromatic heterocycles. The molecule has 124 valence electrons. The topological polar surface area (TPSA) is 76.7 Å². The van der Waals surface area contributed by atoms with Gasteiger partial charge in [-0.2, -0.15) is 0 Å². The molecule has 6 nitrogen and oxygen atoms in total. The third-order valence-corrected chi connectivity index (χ3v) is 3.12. The number of amides is 2. The van der Waals surface area contributed by atoms with Gasteiger partial charge in [0, 0.05) is 5.70 Å². The van der Waals surface area contributed by atoms with Crippen molar-refractivity contribution in [3.63, 3.8) is 0 Å². The first-order valence-electron chi connectivity index (χ1n) is 6.43. The predicted molar refractivity (Wildman–Crippen MR) is 72.2 cm³/mol. The zero-order valence-corrected chi connectivity index (χ0v) is 12.2. The normalized spacial score (nSPS) is 18.1. The highest BCUT2D eigenvalue weighted by Gasteiger charge is 2.33. The Labute approximate surface area is 129 Å². The fourth-order valence-electron chi connectivity index (χ4n) is 2.19. The Hall–Kier alpha value is -2.71. The number of carbonyl (C=O) groups is 2. The van der Waals surface area contributed by atoms with Gasteiger partial charge < -0.3 is 20.1 Å². The molecular weight excluding hydrogens is 317 g/mol. The highest BCUT2D eigenvalue weighted by Crippen LogP contribution is 2.30. The number of alkyl halides is 3. The van der Waals surface area contributed by atoms with Gasteiger partial charge in [-0.05, 0) is 24.6 Å². The monoisotopic (exact) mass is 330 g/mol. The van der Waals surface area contributed by atoms with Gasteiger partial charge in [0.1, 0.15) is 5.75 Å². The summed E-state index contributed by atoms with van der Waals surface area (Å²) >= 11 is 0. The number of urea groups is 1. The van der Waals surface area contributed by atoms with E-state index in [1.54, 1.807) is 0 Å². The summed E-state index contributed by atoms with van der Waals surface area (Å²) in [6.07, 6.45) is -4.79. The van der Waals surface area contributed by atoms with Crippen LogP contribution in [0.2, 0.25) is 0 Å². The molecule has 0 saturated heterocycles. The molecule has 1 atom stereocenters. The first-order chi connectivity index (χ1) is 10.7. The Morgan fingerprint density at radius 2 is 1.83 bits per heavy atom. The number of methoxy groups -OCH3 is 1. The molecule has 0 spiro atoms. The second-order valence-corrected chi connectivity index (χ2v) is 4.68. The lowest BCUT2D eigenvalue weighted by molar-refractivity contribution is -0.274. The first kappa shape index (κ1) is 16.7. The third-order valence-electron chi connectivity index (χ3n) is 3.12. The minimum Gasteiger partial charge on any atom is -0.466 e. The fourth-order valence-corrected chi connectivity index (χ4v) is 2.19. The molecule has 23 heavy (non-hydrogen) atoms. The zero-order valence-electron chi connectivity index (χ0n) is 12.2. The molecule has 1 heterocycles. The Morgan fingerprint density at radius 3 is 2.35 bits per heavy atom. The summed E-state index contributed by atoms with van der Waals surface area (Å²) in [5.74, 6) is -1.06. The van der Waals surface area contributed by atoms with Crippen LogP contribution in [-0.2, 0) is 9.53 Å². The van der Waals surface area contributed by atoms with Crippen molar-refractivity contribution < 1.29 is 32.2 Å². The minimum absolute atomic E-state index is 0.164. The number of nitrogens with one attached hydrogen (secondary N) is 2. The van der Waals surface area contributed by atoms with Gasteiger partial charge in [-0.1, -0.05) is 12.1 Å². The van der Waals surface area contributed by atoms with E-state index < -0.39 is 30.2 Å². The van der Waals surface area contributed by atoms with Crippen LogP contribution in [0, 0.1) is 0 Å². The Balaban J connectivity index is 2.33. The summed E-state index contributed by atoms with van der Waals surface area (Å²) in [6.45, 7) is 1.53. The maximum atomic E-state index is 12.2. The van der Waals surface area contributed by atoms with E-state index in [-0.39, 0.29) is 5.57 Å². The Kier molecular flexibility index (Phi) is 4.48. The van der Waals surface area contributed by atoms with E-state index in [1.165, 1.54) is 26.2 Å². The van der Waals surface area contributed by atoms with Crippen LogP contribution >= 0.6 is 0 Å². The number of allylic oxidation sites excluding steroid dienone is 1. The summed E-state index contributed by atoms with van der Waals surface area (Å²) in [6, 6.07) is 3.48. The summed E-state index contributed by atoms with van der Waals surface area (Å²) in [7, 11) is 1.19. The Morgan fingerprint density at radius 1 is 1.22 bits per heavy atom. The van der Waals surface area contributed by atoms with Crippen molar-refractivity contribution in [3.05, 3.63) is 41.1 Å². The van der Waals surface area contributed by atoms with Crippen LogP contribution in [0.4, 0.5) is 18.0 Å². The standard InChI is InChI=1S/C14H13F3N2O4/c1-7-10(12(20)22-2)11(19-13(21)18-7)8-3-5-9(6-4-8)23-14(15,16)17/h3-6,11H,1-2H3,(H2,18,19,21). The molecule has 9 heteroatoms. The van der Waals surface area contributed by atoms with Crippen molar-refractivity contribution in [2.75, 3.05) is 7.11 Å². The molecule has 2 N–H and O–H groups in total. The number of hydrogen-bond acceptors (Lipinski definition) is 4. The van der Waals surface area contributed by atoms with Crippen molar-refractivity contribution in [2.45, 2.75) is 19.3 Å². The maximum Gasteiger partial charge on any atom is 0.573 e. The molecule has 1 aliphatic heterocycles. The summed E-state index contributed by atoms with van der Waals surface area (Å²) in [4.78, 5) is 23.5. The number of hydrogen-bond donors (Lipinski definition) is 2. The van der Waals surface area contributed by atoms with Crippen molar-refractivity contribution in [1.82, 2.24) is 10.6 Å². The van der Waals surface area contributed by atoms with Crippen LogP contribution in [0.5, 0.6) is 5.75 Å². The summed E-state index contributed by atoms with van der Waals surface area (Å²) in [5.41, 5.74) is 0.881. The van der Waals surface area contributed by atoms with Crippen LogP contribution < -0.4 is 15.4 Å². The van der Waals surface area contributed by atoms with E-state index in [4.69, 9.17) is 0 Å². The van der Waals surface area contributed by atoms with Gasteiger partial charge in [-0.3, -0.25) is 0 Å². The van der Waals surface area contributed by atoms with E-state index >= 15 is 0 Å². The lowest BCUT2D eigenvalue weighted by atomic mass is 9.95. The number of halogens is 3. The number of ether oxygens (including phenoxy) is 2. The molecular formula is C14H13F3N2O4. The van der Waals surface area contributed by atoms with E-state index in [2.05, 4.69) is 20.1 Å². The SMILES string of the molecule is COC(=O)C1=C(C)NC(=O)NC1c1ccc(OC(F)(F)F)cc1. The van der Waals surface area contributed by atoms with Gasteiger partial charge in [0.15, 0.2) is 0 Å². The van der Waals surface area contributed by atoms with E-state index in [9.17, 15) is 22.8 Å². The van der Waals surface area contributed by atoms with Gasteiger partial charge in [-0.25, -0.2) is 9.59 Å². The highest BCUT2D eigenvalue weighted by atomic mass is 19.4. The molecule has 1 unspecified atom stereocenters. The summed E-state index contributed by atoms with van der Waals surface area (Å²) < 4.78 is 44.9. The maximum absolute atomic E-state index is 12.2. The van der Waals surface area contributed by atoms with Gasteiger partial charge >= 0.3 is 18.4 Å². The van der Waals surface area contributed by atoms with Crippen molar-refractivity contribution in [3.8, 4) is 5.75 Å². The molecule has 2 rings (SSSR count). The second-order valence-electron chi connectivity index (χ2n) is 4.68. The van der Waals surface area contributed by atoms with Crippen molar-refractivity contribution in [1.29, 1.82) is 0 Å². The van der Waals surface area contributed by atoms with Gasteiger partial charge in [-0.15, -0.1) is 13.2 Å². The summed E-state index contributed by atoms with van der Waals surface area (Å²) in [5, 5.41) is 4.97. The molecule has 1 aromatic rings. The van der Waals surface area contributed by atoms with Crippen LogP contribution in [0.25, 0.3) is 0 Å². The highest BCUT2D eigenvalue weighted by molar-refractivity contribution is 5.94. The van der Waals surface area contributed by atoms with E-state index in [0.717, 1.165) is 12.1 Å². The van der Waals surface area contributed by atoms with Crippen LogP contribution in [-0.4, -0.2) is 25.5 Å². The minimum atomic E-state index is -4.79. The first-order valence-corrected chi connectivity index (χ1v) is 6.43. The van der Waals surface area contributed by atoms with Gasteiger partial charge in [0.2, 0.25) is 0 Å². The Bertz CT molecular complexity index is 653. The lowest BCUT2D eigenvalue weighted by Gasteiger charge is -2.27. The molecule has 2 amide bonds. The number of carbonyl (C=O) groups excluding carboxylic acids is 2. The molecule has 1 aliphatic rings. The zero-order chi connectivity index (χ0) is 17.2. The third kappa shape index (κ3) is 3.93. The molecule has 0 saturated carbocycles. The smallest absolute Gasteiger partial charge is 0.466 e. The number of esters is 1. The van der Waals surface area contributed by atoms with Gasteiger partial charge in [0.25, 0.3) is 0 Å². The van der Waals surface area contributed by atoms with Crippen molar-refractivity contribution >= 4 is 12.0 Å². The fraction of sp³-hybridized carbons (Fsp3) is 0.286. The van der Waals surface area contributed by atoms with Crippen LogP contribution in [0.1, 0.15) is 18.5 Å². The lowest BCUT2D eigenvalue weighted by Crippen LogP contribution is -2.45. The second kappa shape index (κ2) is 6.19. The molecule has 0 aliphatic carbocycles.